The van der Waals surface area contributed by atoms with Gasteiger partial charge >= 0.3 is 0 Å². The summed E-state index contributed by atoms with van der Waals surface area (Å²) in [5.41, 5.74) is 1.94. The molecule has 0 unspecified atom stereocenters. The van der Waals surface area contributed by atoms with Crippen LogP contribution in [-0.2, 0) is 4.79 Å². The van der Waals surface area contributed by atoms with E-state index < -0.39 is 0 Å². The molecule has 1 fully saturated rings. The van der Waals surface area contributed by atoms with Crippen molar-refractivity contribution in [3.8, 4) is 11.3 Å². The molecule has 1 saturated carbocycles. The van der Waals surface area contributed by atoms with Gasteiger partial charge in [-0.25, -0.2) is 9.97 Å². The summed E-state index contributed by atoms with van der Waals surface area (Å²) >= 11 is 1.49. The van der Waals surface area contributed by atoms with Gasteiger partial charge in [-0.05, 0) is 25.8 Å². The van der Waals surface area contributed by atoms with Crippen molar-refractivity contribution in [2.24, 2.45) is 0 Å². The molecule has 24 heavy (non-hydrogen) atoms. The largest absolute Gasteiger partial charge is 0.352 e. The van der Waals surface area contributed by atoms with E-state index in [1.165, 1.54) is 31.0 Å². The van der Waals surface area contributed by atoms with Gasteiger partial charge in [0.1, 0.15) is 11.4 Å². The zero-order valence-corrected chi connectivity index (χ0v) is 14.8. The number of nitrogens with one attached hydrogen (secondary N) is 1. The highest BCUT2D eigenvalue weighted by Crippen LogP contribution is 2.25. The Hall–Kier alpha value is -1.88. The van der Waals surface area contributed by atoms with Gasteiger partial charge in [-0.1, -0.05) is 61.4 Å². The first-order valence-electron chi connectivity index (χ1n) is 8.57. The Labute approximate surface area is 147 Å². The fourth-order valence-electron chi connectivity index (χ4n) is 2.97. The predicted molar refractivity (Wildman–Crippen MR) is 97.8 cm³/mol. The fourth-order valence-corrected chi connectivity index (χ4v) is 3.80. The summed E-state index contributed by atoms with van der Waals surface area (Å²) in [5.74, 6) is 0.103. The van der Waals surface area contributed by atoms with Gasteiger partial charge in [-0.2, -0.15) is 0 Å². The maximum Gasteiger partial charge on any atom is 0.233 e. The summed E-state index contributed by atoms with van der Waals surface area (Å²) in [4.78, 5) is 21.0. The number of thioether (sulfide) groups is 1. The van der Waals surface area contributed by atoms with Crippen LogP contribution in [0, 0.1) is 0 Å². The van der Waals surface area contributed by atoms with Crippen LogP contribution in [0.2, 0.25) is 0 Å². The number of amides is 1. The molecule has 1 N–H and O–H groups in total. The highest BCUT2D eigenvalue weighted by molar-refractivity contribution is 8.00. The van der Waals surface area contributed by atoms with Crippen LogP contribution in [0.25, 0.3) is 11.3 Å². The third-order valence-corrected chi connectivity index (χ3v) is 5.36. The minimum absolute atomic E-state index is 0.103. The second-order valence-corrected chi connectivity index (χ2v) is 7.57. The van der Waals surface area contributed by atoms with Gasteiger partial charge in [-0.15, -0.1) is 0 Å². The molecule has 2 aromatic rings. The Morgan fingerprint density at radius 3 is 2.67 bits per heavy atom. The van der Waals surface area contributed by atoms with Crippen LogP contribution >= 0.6 is 11.8 Å². The van der Waals surface area contributed by atoms with E-state index in [4.69, 9.17) is 0 Å². The molecular weight excluding hydrogens is 318 g/mol. The molecule has 1 aromatic heterocycles. The number of benzene rings is 1. The van der Waals surface area contributed by atoms with E-state index in [1.807, 2.05) is 43.3 Å². The molecule has 0 saturated heterocycles. The summed E-state index contributed by atoms with van der Waals surface area (Å²) in [6.45, 7) is 1.94. The first-order chi connectivity index (χ1) is 11.7. The molecule has 0 radical (unpaired) electrons. The molecule has 0 aliphatic heterocycles. The topological polar surface area (TPSA) is 54.9 Å². The molecule has 1 aromatic carbocycles. The molecule has 1 amide bonds. The van der Waals surface area contributed by atoms with Gasteiger partial charge in [0.05, 0.1) is 10.9 Å². The summed E-state index contributed by atoms with van der Waals surface area (Å²) in [7, 11) is 0. The number of carbonyl (C=O) groups excluding carboxylic acids is 1. The lowest BCUT2D eigenvalue weighted by molar-refractivity contribution is -0.121. The van der Waals surface area contributed by atoms with Crippen molar-refractivity contribution < 1.29 is 4.79 Å². The number of aromatic nitrogens is 2. The monoisotopic (exact) mass is 341 g/mol. The number of carbonyl (C=O) groups is 1. The maximum atomic E-state index is 12.4. The molecule has 126 valence electrons. The maximum absolute atomic E-state index is 12.4. The third-order valence-electron chi connectivity index (χ3n) is 4.33. The van der Waals surface area contributed by atoms with E-state index in [-0.39, 0.29) is 11.2 Å². The van der Waals surface area contributed by atoms with E-state index >= 15 is 0 Å². The lowest BCUT2D eigenvalue weighted by atomic mass is 9.95. The first kappa shape index (κ1) is 17.0. The summed E-state index contributed by atoms with van der Waals surface area (Å²) in [5, 5.41) is 3.85. The van der Waals surface area contributed by atoms with E-state index in [0.29, 0.717) is 6.04 Å². The Kier molecular flexibility index (Phi) is 5.86. The van der Waals surface area contributed by atoms with Crippen LogP contribution < -0.4 is 5.32 Å². The Morgan fingerprint density at radius 2 is 1.92 bits per heavy atom. The molecule has 4 nitrogen and oxygen atoms in total. The molecule has 0 bridgehead atoms. The molecule has 1 aliphatic rings. The Bertz CT molecular complexity index is 671. The summed E-state index contributed by atoms with van der Waals surface area (Å²) in [6.07, 6.45) is 7.51. The second-order valence-electron chi connectivity index (χ2n) is 6.21. The van der Waals surface area contributed by atoms with Crippen molar-refractivity contribution in [1.82, 2.24) is 15.3 Å². The number of hydrogen-bond donors (Lipinski definition) is 1. The lowest BCUT2D eigenvalue weighted by Gasteiger charge is -2.24. The average Bonchev–Trinajstić information content (AvgIpc) is 2.63. The smallest absolute Gasteiger partial charge is 0.233 e. The lowest BCUT2D eigenvalue weighted by Crippen LogP contribution is -2.40. The van der Waals surface area contributed by atoms with Crippen LogP contribution in [0.15, 0.2) is 47.8 Å². The van der Waals surface area contributed by atoms with Crippen molar-refractivity contribution >= 4 is 17.7 Å². The van der Waals surface area contributed by atoms with E-state index in [0.717, 1.165) is 29.1 Å². The van der Waals surface area contributed by atoms with Crippen molar-refractivity contribution in [3.63, 3.8) is 0 Å². The SMILES string of the molecule is C[C@@H](Sc1cc(-c2ccccc2)ncn1)C(=O)NC1CCCCC1. The van der Waals surface area contributed by atoms with Gasteiger partial charge < -0.3 is 5.32 Å². The average molecular weight is 341 g/mol. The van der Waals surface area contributed by atoms with Gasteiger partial charge in [0.15, 0.2) is 0 Å². The molecule has 1 heterocycles. The summed E-state index contributed by atoms with van der Waals surface area (Å²) < 4.78 is 0. The van der Waals surface area contributed by atoms with Crippen LogP contribution in [0.5, 0.6) is 0 Å². The van der Waals surface area contributed by atoms with Crippen LogP contribution in [-0.4, -0.2) is 27.2 Å². The van der Waals surface area contributed by atoms with Crippen LogP contribution in [0.3, 0.4) is 0 Å². The molecule has 3 rings (SSSR count). The predicted octanol–water partition coefficient (Wildman–Crippen LogP) is 4.07. The van der Waals surface area contributed by atoms with E-state index in [2.05, 4.69) is 15.3 Å². The third kappa shape index (κ3) is 4.57. The minimum Gasteiger partial charge on any atom is -0.352 e. The van der Waals surface area contributed by atoms with Crippen LogP contribution in [0.4, 0.5) is 0 Å². The van der Waals surface area contributed by atoms with Crippen molar-refractivity contribution in [2.45, 2.75) is 55.3 Å². The molecule has 1 aliphatic carbocycles. The highest BCUT2D eigenvalue weighted by Gasteiger charge is 2.20. The van der Waals surface area contributed by atoms with Gasteiger partial charge in [0.2, 0.25) is 5.91 Å². The molecule has 0 spiro atoms. The van der Waals surface area contributed by atoms with Crippen molar-refractivity contribution in [2.75, 3.05) is 0 Å². The standard InChI is InChI=1S/C19H23N3OS/c1-14(19(23)22-16-10-6-3-7-11-16)24-18-12-17(20-13-21-18)15-8-4-2-5-9-15/h2,4-5,8-9,12-14,16H,3,6-7,10-11H2,1H3,(H,22,23)/t14-/m1/s1. The highest BCUT2D eigenvalue weighted by atomic mass is 32.2. The molecule has 1 atom stereocenters. The number of nitrogens with zero attached hydrogens (tertiary/aromatic N) is 2. The Morgan fingerprint density at radius 1 is 1.17 bits per heavy atom. The number of hydrogen-bond acceptors (Lipinski definition) is 4. The van der Waals surface area contributed by atoms with Crippen molar-refractivity contribution in [1.29, 1.82) is 0 Å². The molecular formula is C19H23N3OS. The van der Waals surface area contributed by atoms with Crippen molar-refractivity contribution in [3.05, 3.63) is 42.7 Å². The van der Waals surface area contributed by atoms with E-state index in [1.54, 1.807) is 6.33 Å². The normalized spacial score (nSPS) is 16.5. The molecule has 5 heteroatoms. The fraction of sp³-hybridized carbons (Fsp3) is 0.421. The zero-order valence-electron chi connectivity index (χ0n) is 13.9. The second kappa shape index (κ2) is 8.29. The Balaban J connectivity index is 1.61. The first-order valence-corrected chi connectivity index (χ1v) is 9.45. The van der Waals surface area contributed by atoms with E-state index in [9.17, 15) is 4.79 Å². The zero-order chi connectivity index (χ0) is 16.8. The van der Waals surface area contributed by atoms with Gasteiger partial charge in [0, 0.05) is 11.6 Å². The quantitative estimate of drug-likeness (QED) is 0.658. The van der Waals surface area contributed by atoms with Gasteiger partial charge in [-0.3, -0.25) is 4.79 Å². The number of rotatable bonds is 5. The van der Waals surface area contributed by atoms with Crippen LogP contribution in [0.1, 0.15) is 39.0 Å². The minimum atomic E-state index is -0.162. The summed E-state index contributed by atoms with van der Waals surface area (Å²) in [6, 6.07) is 12.3. The van der Waals surface area contributed by atoms with Gasteiger partial charge in [0.25, 0.3) is 0 Å².